The monoisotopic (exact) mass is 188 g/mol. The van der Waals surface area contributed by atoms with Gasteiger partial charge in [-0.05, 0) is 0 Å². The van der Waals surface area contributed by atoms with Gasteiger partial charge in [-0.1, -0.05) is 0 Å². The molecule has 0 aromatic heterocycles. The van der Waals surface area contributed by atoms with Crippen molar-refractivity contribution in [3.8, 4) is 0 Å². The minimum atomic E-state index is -1.44. The molecule has 0 aliphatic heterocycles. The van der Waals surface area contributed by atoms with Crippen LogP contribution < -0.4 is 38.0 Å². The van der Waals surface area contributed by atoms with E-state index in [1.807, 2.05) is 0 Å². The third kappa shape index (κ3) is 124. The Bertz CT molecular complexity index is 8.04. The minimum Gasteiger partial charge on any atom is -0.585 e. The van der Waals surface area contributed by atoms with Gasteiger partial charge in [-0.25, -0.2) is 0 Å². The van der Waals surface area contributed by atoms with E-state index < -0.39 is 15.5 Å². The summed E-state index contributed by atoms with van der Waals surface area (Å²) in [6.07, 6.45) is 0. The molecule has 0 fully saturated rings. The number of hydrogen-bond acceptors (Lipinski definition) is 2. The van der Waals surface area contributed by atoms with Crippen LogP contribution in [0.4, 0.5) is 0 Å². The van der Waals surface area contributed by atoms with Crippen molar-refractivity contribution in [2.24, 2.45) is 0 Å². The quantitative estimate of drug-likeness (QED) is 0.349. The Morgan fingerprint density at radius 1 is 0.857 bits per heavy atom. The summed E-state index contributed by atoms with van der Waals surface area (Å²) >= 11 is -1.44. The van der Waals surface area contributed by atoms with Gasteiger partial charge in [-0.3, -0.25) is 0 Å². The maximum absolute atomic E-state index is 8.41. The standard InChI is InChI=1S/BrO2.Na.3H2O/c2-1-3;;;;/h;;3*1H2/q-1;+1;;;. The number of rotatable bonds is 0. The third-order valence-electron chi connectivity index (χ3n) is 0. The largest absolute Gasteiger partial charge is 1.00 e. The molecule has 0 aliphatic rings. The van der Waals surface area contributed by atoms with Crippen LogP contribution in [0.5, 0.6) is 0 Å². The molecule has 0 rings (SSSR count). The first-order chi connectivity index (χ1) is 1.41. The summed E-state index contributed by atoms with van der Waals surface area (Å²) in [4.78, 5) is 0. The van der Waals surface area contributed by atoms with Crippen molar-refractivity contribution in [1.82, 2.24) is 0 Å². The second-order valence-electron chi connectivity index (χ2n) is 0.0630. The molecule has 0 bridgehead atoms. The Labute approximate surface area is 69.7 Å². The second-order valence-corrected chi connectivity index (χ2v) is 0.327. The molecule has 0 unspecified atom stereocenters. The molecule has 5 nitrogen and oxygen atoms in total. The van der Waals surface area contributed by atoms with Crippen LogP contribution in [0.3, 0.4) is 0 Å². The maximum atomic E-state index is 8.41. The van der Waals surface area contributed by atoms with E-state index in [4.69, 9.17) is 8.40 Å². The number of hydrogen-bond donors (Lipinski definition) is 0. The van der Waals surface area contributed by atoms with Gasteiger partial charge in [-0.2, -0.15) is 0 Å². The van der Waals surface area contributed by atoms with Crippen LogP contribution in [0.15, 0.2) is 0 Å². The predicted octanol–water partition coefficient (Wildman–Crippen LogP) is -7.85. The zero-order chi connectivity index (χ0) is 2.71. The first kappa shape index (κ1) is 40.8. The van der Waals surface area contributed by atoms with Gasteiger partial charge in [0, 0.05) is 0 Å². The molecule has 0 aliphatic carbocycles. The van der Waals surface area contributed by atoms with E-state index in [-0.39, 0.29) is 46.0 Å². The van der Waals surface area contributed by atoms with E-state index in [2.05, 4.69) is 0 Å². The van der Waals surface area contributed by atoms with Crippen LogP contribution in [0.1, 0.15) is 0 Å². The predicted molar refractivity (Wildman–Crippen MR) is 10.8 cm³/mol. The molecular formula is H6BrNaO5. The van der Waals surface area contributed by atoms with Gasteiger partial charge >= 0.3 is 29.6 Å². The first-order valence-corrected chi connectivity index (χ1v) is 1.60. The van der Waals surface area contributed by atoms with E-state index >= 15 is 0 Å². The summed E-state index contributed by atoms with van der Waals surface area (Å²) in [7, 11) is 0. The summed E-state index contributed by atoms with van der Waals surface area (Å²) in [6.45, 7) is 0. The van der Waals surface area contributed by atoms with Crippen molar-refractivity contribution in [1.29, 1.82) is 0 Å². The smallest absolute Gasteiger partial charge is 0.585 e. The van der Waals surface area contributed by atoms with Crippen LogP contribution in [-0.2, 0) is 0 Å². The van der Waals surface area contributed by atoms with Gasteiger partial charge in [0.15, 0.2) is 15.5 Å². The molecule has 0 heterocycles. The Hall–Kier alpha value is 1.28. The van der Waals surface area contributed by atoms with Crippen LogP contribution in [-0.4, -0.2) is 16.4 Å². The minimum absolute atomic E-state index is 0. The molecule has 7 heteroatoms. The molecule has 0 aromatic rings. The Balaban J connectivity index is -0.00000000333. The fraction of sp³-hybridized carbons (Fsp3) is 0. The molecule has 0 saturated carbocycles. The van der Waals surface area contributed by atoms with Gasteiger partial charge in [0.2, 0.25) is 0 Å². The van der Waals surface area contributed by atoms with E-state index in [1.54, 1.807) is 0 Å². The van der Waals surface area contributed by atoms with Gasteiger partial charge in [0.05, 0.1) is 0 Å². The van der Waals surface area contributed by atoms with Crippen LogP contribution in [0.2, 0.25) is 0 Å². The molecule has 6 N–H and O–H groups in total. The van der Waals surface area contributed by atoms with Crippen molar-refractivity contribution in [2.75, 3.05) is 0 Å². The van der Waals surface area contributed by atoms with Crippen LogP contribution in [0, 0.1) is 15.5 Å². The van der Waals surface area contributed by atoms with Gasteiger partial charge in [0.1, 0.15) is 0 Å². The maximum Gasteiger partial charge on any atom is 1.00 e. The third-order valence-corrected chi connectivity index (χ3v) is 0. The summed E-state index contributed by atoms with van der Waals surface area (Å²) in [5, 5.41) is 0. The molecular weight excluding hydrogens is 183 g/mol. The van der Waals surface area contributed by atoms with Crippen LogP contribution >= 0.6 is 0 Å². The normalized spacial score (nSPS) is 2.57. The van der Waals surface area contributed by atoms with Gasteiger partial charge in [-0.15, -0.1) is 0 Å². The summed E-state index contributed by atoms with van der Waals surface area (Å²) in [5.74, 6) is 0. The first-order valence-electron chi connectivity index (χ1n) is 0.309. The zero-order valence-corrected chi connectivity index (χ0v) is 7.28. The zero-order valence-electron chi connectivity index (χ0n) is 3.69. The van der Waals surface area contributed by atoms with E-state index in [0.717, 1.165) is 0 Å². The number of halogens is 1. The molecule has 7 heavy (non-hydrogen) atoms. The van der Waals surface area contributed by atoms with Gasteiger partial charge < -0.3 is 24.8 Å². The summed E-state index contributed by atoms with van der Waals surface area (Å²) < 4.78 is 16.8. The summed E-state index contributed by atoms with van der Waals surface area (Å²) in [6, 6.07) is 0. The molecule has 0 atom stereocenters. The van der Waals surface area contributed by atoms with E-state index in [1.165, 1.54) is 0 Å². The molecule has 44 valence electrons. The molecule has 0 spiro atoms. The van der Waals surface area contributed by atoms with Crippen LogP contribution in [0.25, 0.3) is 0 Å². The molecule has 0 radical (unpaired) electrons. The van der Waals surface area contributed by atoms with Crippen molar-refractivity contribution in [2.45, 2.75) is 0 Å². The Kier molecular flexibility index (Phi) is 322. The van der Waals surface area contributed by atoms with Gasteiger partial charge in [0.25, 0.3) is 0 Å². The topological polar surface area (TPSA) is 141 Å². The summed E-state index contributed by atoms with van der Waals surface area (Å²) in [5.41, 5.74) is 0. The Morgan fingerprint density at radius 2 is 0.857 bits per heavy atom. The average Bonchev–Trinajstić information content (AvgIpc) is 0.918. The average molecular weight is 189 g/mol. The van der Waals surface area contributed by atoms with E-state index in [9.17, 15) is 0 Å². The van der Waals surface area contributed by atoms with Crippen molar-refractivity contribution in [3.63, 3.8) is 0 Å². The van der Waals surface area contributed by atoms with Crippen molar-refractivity contribution >= 4 is 0 Å². The van der Waals surface area contributed by atoms with E-state index in [0.29, 0.717) is 0 Å². The van der Waals surface area contributed by atoms with Crippen molar-refractivity contribution < 1.29 is 69.9 Å². The SMILES string of the molecule is O.O.O.[Na+].[O-][Br+][O-]. The molecule has 0 aromatic carbocycles. The molecule has 0 saturated heterocycles. The Morgan fingerprint density at radius 3 is 0.857 bits per heavy atom. The van der Waals surface area contributed by atoms with Crippen molar-refractivity contribution in [3.05, 3.63) is 0 Å². The molecule has 0 amide bonds. The fourth-order valence-electron chi connectivity index (χ4n) is 0. The fourth-order valence-corrected chi connectivity index (χ4v) is 0. The second kappa shape index (κ2) is 55.2.